The molecule has 0 unspecified atom stereocenters. The summed E-state index contributed by atoms with van der Waals surface area (Å²) in [7, 11) is 0. The molecular formula is C12H16N4OS. The van der Waals surface area contributed by atoms with Crippen LogP contribution in [0.15, 0.2) is 17.6 Å². The van der Waals surface area contributed by atoms with Gasteiger partial charge in [0.05, 0.1) is 5.69 Å². The monoisotopic (exact) mass is 264 g/mol. The molecule has 0 atom stereocenters. The summed E-state index contributed by atoms with van der Waals surface area (Å²) in [5.74, 6) is 0.149. The molecule has 0 aromatic carbocycles. The third-order valence-electron chi connectivity index (χ3n) is 2.58. The molecule has 0 aliphatic heterocycles. The lowest BCUT2D eigenvalue weighted by Gasteiger charge is -2.03. The third kappa shape index (κ3) is 2.59. The van der Waals surface area contributed by atoms with Crippen molar-refractivity contribution in [2.24, 2.45) is 0 Å². The molecule has 1 amide bonds. The zero-order chi connectivity index (χ0) is 13.1. The van der Waals surface area contributed by atoms with Crippen molar-refractivity contribution in [3.8, 4) is 0 Å². The molecule has 5 nitrogen and oxygen atoms in total. The van der Waals surface area contributed by atoms with Gasteiger partial charge in [0.2, 0.25) is 0 Å². The van der Waals surface area contributed by atoms with E-state index in [1.54, 1.807) is 10.9 Å². The largest absolute Gasteiger partial charge is 0.297 e. The maximum Gasteiger partial charge on any atom is 0.275 e. The number of aryl methyl sites for hydroxylation is 1. The molecule has 96 valence electrons. The van der Waals surface area contributed by atoms with E-state index in [2.05, 4.69) is 29.2 Å². The highest BCUT2D eigenvalue weighted by atomic mass is 32.1. The van der Waals surface area contributed by atoms with Gasteiger partial charge in [-0.05, 0) is 18.9 Å². The molecule has 0 aliphatic rings. The highest BCUT2D eigenvalue weighted by Crippen LogP contribution is 2.17. The SMILES string of the molecule is CCn1nc(C(C)C)cc1C(=O)Nc1nccs1. The Morgan fingerprint density at radius 2 is 2.33 bits per heavy atom. The van der Waals surface area contributed by atoms with E-state index in [1.807, 2.05) is 18.4 Å². The second-order valence-corrected chi connectivity index (χ2v) is 5.11. The molecule has 0 bridgehead atoms. The Bertz CT molecular complexity index is 530. The number of anilines is 1. The molecule has 2 heterocycles. The van der Waals surface area contributed by atoms with Crippen molar-refractivity contribution in [3.63, 3.8) is 0 Å². The van der Waals surface area contributed by atoms with Gasteiger partial charge in [0.25, 0.3) is 5.91 Å². The molecule has 18 heavy (non-hydrogen) atoms. The molecule has 1 N–H and O–H groups in total. The van der Waals surface area contributed by atoms with E-state index < -0.39 is 0 Å². The summed E-state index contributed by atoms with van der Waals surface area (Å²) in [5.41, 5.74) is 1.51. The molecule has 0 radical (unpaired) electrons. The topological polar surface area (TPSA) is 59.8 Å². The van der Waals surface area contributed by atoms with Crippen LogP contribution in [0.5, 0.6) is 0 Å². The minimum absolute atomic E-state index is 0.161. The molecule has 0 saturated heterocycles. The van der Waals surface area contributed by atoms with Gasteiger partial charge >= 0.3 is 0 Å². The van der Waals surface area contributed by atoms with Crippen LogP contribution in [0.4, 0.5) is 5.13 Å². The molecule has 0 fully saturated rings. The second-order valence-electron chi connectivity index (χ2n) is 4.22. The first-order valence-electron chi connectivity index (χ1n) is 5.90. The predicted molar refractivity (Wildman–Crippen MR) is 72.1 cm³/mol. The Hall–Kier alpha value is -1.69. The fraction of sp³-hybridized carbons (Fsp3) is 0.417. The van der Waals surface area contributed by atoms with E-state index in [9.17, 15) is 4.79 Å². The van der Waals surface area contributed by atoms with Crippen molar-refractivity contribution in [2.45, 2.75) is 33.2 Å². The number of thiazole rings is 1. The summed E-state index contributed by atoms with van der Waals surface area (Å²) >= 11 is 1.40. The van der Waals surface area contributed by atoms with Crippen molar-refractivity contribution in [1.29, 1.82) is 0 Å². The lowest BCUT2D eigenvalue weighted by atomic mass is 10.1. The number of hydrogen-bond donors (Lipinski definition) is 1. The van der Waals surface area contributed by atoms with Crippen LogP contribution in [0.3, 0.4) is 0 Å². The van der Waals surface area contributed by atoms with Gasteiger partial charge in [0, 0.05) is 18.1 Å². The maximum absolute atomic E-state index is 12.1. The molecule has 2 rings (SSSR count). The summed E-state index contributed by atoms with van der Waals surface area (Å²) in [5, 5.41) is 9.62. The average Bonchev–Trinajstić information content (AvgIpc) is 2.96. The Morgan fingerprint density at radius 3 is 2.89 bits per heavy atom. The van der Waals surface area contributed by atoms with Crippen molar-refractivity contribution in [2.75, 3.05) is 5.32 Å². The number of amides is 1. The zero-order valence-corrected chi connectivity index (χ0v) is 11.5. The molecule has 0 spiro atoms. The molecular weight excluding hydrogens is 248 g/mol. The van der Waals surface area contributed by atoms with Crippen LogP contribution in [0, 0.1) is 0 Å². The van der Waals surface area contributed by atoms with Crippen LogP contribution in [0.1, 0.15) is 42.9 Å². The first kappa shape index (κ1) is 12.8. The van der Waals surface area contributed by atoms with Gasteiger partial charge in [-0.25, -0.2) is 4.98 Å². The molecule has 0 saturated carbocycles. The molecule has 6 heteroatoms. The van der Waals surface area contributed by atoms with Crippen molar-refractivity contribution >= 4 is 22.4 Å². The van der Waals surface area contributed by atoms with Crippen molar-refractivity contribution < 1.29 is 4.79 Å². The van der Waals surface area contributed by atoms with Crippen molar-refractivity contribution in [3.05, 3.63) is 29.0 Å². The highest BCUT2D eigenvalue weighted by Gasteiger charge is 2.16. The van der Waals surface area contributed by atoms with Crippen LogP contribution >= 0.6 is 11.3 Å². The van der Waals surface area contributed by atoms with E-state index in [4.69, 9.17) is 0 Å². The minimum atomic E-state index is -0.161. The first-order valence-corrected chi connectivity index (χ1v) is 6.78. The van der Waals surface area contributed by atoms with E-state index in [1.165, 1.54) is 11.3 Å². The number of carbonyl (C=O) groups is 1. The quantitative estimate of drug-likeness (QED) is 0.923. The number of hydrogen-bond acceptors (Lipinski definition) is 4. The Labute approximate surface area is 110 Å². The lowest BCUT2D eigenvalue weighted by molar-refractivity contribution is 0.101. The van der Waals surface area contributed by atoms with Gasteiger partial charge < -0.3 is 0 Å². The molecule has 2 aromatic heterocycles. The van der Waals surface area contributed by atoms with Crippen LogP contribution < -0.4 is 5.32 Å². The van der Waals surface area contributed by atoms with Crippen LogP contribution in [0.25, 0.3) is 0 Å². The highest BCUT2D eigenvalue weighted by molar-refractivity contribution is 7.13. The lowest BCUT2D eigenvalue weighted by Crippen LogP contribution is -2.17. The van der Waals surface area contributed by atoms with Gasteiger partial charge in [-0.1, -0.05) is 13.8 Å². The van der Waals surface area contributed by atoms with Gasteiger partial charge in [-0.3, -0.25) is 14.8 Å². The maximum atomic E-state index is 12.1. The smallest absolute Gasteiger partial charge is 0.275 e. The Balaban J connectivity index is 2.23. The number of nitrogens with zero attached hydrogens (tertiary/aromatic N) is 3. The van der Waals surface area contributed by atoms with Gasteiger partial charge in [0.15, 0.2) is 5.13 Å². The number of carbonyl (C=O) groups excluding carboxylic acids is 1. The third-order valence-corrected chi connectivity index (χ3v) is 3.26. The predicted octanol–water partition coefficient (Wildman–Crippen LogP) is 2.74. The summed E-state index contributed by atoms with van der Waals surface area (Å²) in [6.07, 6.45) is 1.66. The Morgan fingerprint density at radius 1 is 1.56 bits per heavy atom. The summed E-state index contributed by atoms with van der Waals surface area (Å²) in [4.78, 5) is 16.2. The van der Waals surface area contributed by atoms with Gasteiger partial charge in [-0.15, -0.1) is 11.3 Å². The standard InChI is InChI=1S/C12H16N4OS/c1-4-16-10(7-9(15-16)8(2)3)11(17)14-12-13-5-6-18-12/h5-8H,4H2,1-3H3,(H,13,14,17). The zero-order valence-electron chi connectivity index (χ0n) is 10.7. The van der Waals surface area contributed by atoms with Crippen LogP contribution in [-0.2, 0) is 6.54 Å². The number of nitrogens with one attached hydrogen (secondary N) is 1. The van der Waals surface area contributed by atoms with E-state index in [0.717, 1.165) is 5.69 Å². The minimum Gasteiger partial charge on any atom is -0.297 e. The second kappa shape index (κ2) is 5.30. The average molecular weight is 264 g/mol. The molecule has 0 aliphatic carbocycles. The Kier molecular flexibility index (Phi) is 3.76. The molecule has 2 aromatic rings. The van der Waals surface area contributed by atoms with E-state index in [-0.39, 0.29) is 5.91 Å². The summed E-state index contributed by atoms with van der Waals surface area (Å²) < 4.78 is 1.72. The van der Waals surface area contributed by atoms with E-state index >= 15 is 0 Å². The van der Waals surface area contributed by atoms with Crippen molar-refractivity contribution in [1.82, 2.24) is 14.8 Å². The normalized spacial score (nSPS) is 10.9. The van der Waals surface area contributed by atoms with Gasteiger partial charge in [0.1, 0.15) is 5.69 Å². The summed E-state index contributed by atoms with van der Waals surface area (Å²) in [6.45, 7) is 6.76. The fourth-order valence-electron chi connectivity index (χ4n) is 1.59. The number of aromatic nitrogens is 3. The fourth-order valence-corrected chi connectivity index (χ4v) is 2.11. The summed E-state index contributed by atoms with van der Waals surface area (Å²) in [6, 6.07) is 1.84. The first-order chi connectivity index (χ1) is 8.61. The number of rotatable bonds is 4. The van der Waals surface area contributed by atoms with E-state index in [0.29, 0.717) is 23.3 Å². The van der Waals surface area contributed by atoms with Gasteiger partial charge in [-0.2, -0.15) is 5.10 Å². The van der Waals surface area contributed by atoms with Crippen LogP contribution in [0.2, 0.25) is 0 Å². The van der Waals surface area contributed by atoms with Crippen LogP contribution in [-0.4, -0.2) is 20.7 Å².